The SMILES string of the molecule is COC(=O)C(N)CCN(CC1CC1)C1CC1. The molecule has 2 fully saturated rings. The van der Waals surface area contributed by atoms with Crippen molar-refractivity contribution in [3.63, 3.8) is 0 Å². The standard InChI is InChI=1S/C12H22N2O2/c1-16-12(15)11(13)6-7-14(10-4-5-10)8-9-2-3-9/h9-11H,2-8,13H2,1H3. The molecular weight excluding hydrogens is 204 g/mol. The molecule has 0 aromatic heterocycles. The number of nitrogens with two attached hydrogens (primary N) is 1. The summed E-state index contributed by atoms with van der Waals surface area (Å²) >= 11 is 0. The molecule has 0 heterocycles. The summed E-state index contributed by atoms with van der Waals surface area (Å²) in [5, 5.41) is 0. The molecule has 1 atom stereocenters. The Hall–Kier alpha value is -0.610. The van der Waals surface area contributed by atoms with Crippen LogP contribution in [0.3, 0.4) is 0 Å². The maximum absolute atomic E-state index is 11.2. The van der Waals surface area contributed by atoms with E-state index in [4.69, 9.17) is 5.73 Å². The first-order valence-corrected chi connectivity index (χ1v) is 6.28. The first-order valence-electron chi connectivity index (χ1n) is 6.28. The van der Waals surface area contributed by atoms with Crippen LogP contribution in [-0.2, 0) is 9.53 Å². The largest absolute Gasteiger partial charge is 0.468 e. The van der Waals surface area contributed by atoms with Crippen molar-refractivity contribution in [1.29, 1.82) is 0 Å². The number of nitrogens with zero attached hydrogens (tertiary/aromatic N) is 1. The van der Waals surface area contributed by atoms with Gasteiger partial charge in [-0.05, 0) is 38.0 Å². The highest BCUT2D eigenvalue weighted by Gasteiger charge is 2.33. The third-order valence-corrected chi connectivity index (χ3v) is 3.48. The van der Waals surface area contributed by atoms with Gasteiger partial charge in [0.15, 0.2) is 0 Å². The summed E-state index contributed by atoms with van der Waals surface area (Å²) in [4.78, 5) is 13.7. The van der Waals surface area contributed by atoms with Gasteiger partial charge in [-0.1, -0.05) is 0 Å². The van der Waals surface area contributed by atoms with Crippen LogP contribution in [-0.4, -0.2) is 43.2 Å². The highest BCUT2D eigenvalue weighted by molar-refractivity contribution is 5.75. The molecule has 0 amide bonds. The van der Waals surface area contributed by atoms with Gasteiger partial charge in [0.1, 0.15) is 6.04 Å². The zero-order valence-corrected chi connectivity index (χ0v) is 10.0. The molecule has 4 nitrogen and oxygen atoms in total. The van der Waals surface area contributed by atoms with Crippen LogP contribution >= 0.6 is 0 Å². The number of hydrogen-bond acceptors (Lipinski definition) is 4. The van der Waals surface area contributed by atoms with Crippen LogP contribution in [0, 0.1) is 5.92 Å². The molecule has 0 saturated heterocycles. The van der Waals surface area contributed by atoms with E-state index in [0.29, 0.717) is 0 Å². The molecule has 4 heteroatoms. The smallest absolute Gasteiger partial charge is 0.322 e. The molecule has 1 unspecified atom stereocenters. The summed E-state index contributed by atoms with van der Waals surface area (Å²) in [5.41, 5.74) is 5.74. The topological polar surface area (TPSA) is 55.6 Å². The lowest BCUT2D eigenvalue weighted by Crippen LogP contribution is -2.37. The number of carbonyl (C=O) groups excluding carboxylic acids is 1. The van der Waals surface area contributed by atoms with E-state index in [0.717, 1.165) is 24.9 Å². The van der Waals surface area contributed by atoms with Crippen molar-refractivity contribution in [1.82, 2.24) is 4.90 Å². The molecule has 0 radical (unpaired) electrons. The fourth-order valence-corrected chi connectivity index (χ4v) is 2.07. The molecule has 0 aromatic rings. The molecule has 0 bridgehead atoms. The second-order valence-electron chi connectivity index (χ2n) is 5.09. The van der Waals surface area contributed by atoms with Crippen molar-refractivity contribution in [2.75, 3.05) is 20.2 Å². The first kappa shape index (κ1) is 11.9. The maximum atomic E-state index is 11.2. The minimum atomic E-state index is -0.453. The average Bonchev–Trinajstić information content (AvgIpc) is 3.14. The molecule has 0 aromatic carbocycles. The fraction of sp³-hybridized carbons (Fsp3) is 0.917. The summed E-state index contributed by atoms with van der Waals surface area (Å²) in [5.74, 6) is 0.622. The Morgan fingerprint density at radius 2 is 2.12 bits per heavy atom. The summed E-state index contributed by atoms with van der Waals surface area (Å²) in [6.07, 6.45) is 6.12. The van der Waals surface area contributed by atoms with Crippen molar-refractivity contribution in [3.8, 4) is 0 Å². The van der Waals surface area contributed by atoms with Gasteiger partial charge in [0.05, 0.1) is 7.11 Å². The van der Waals surface area contributed by atoms with E-state index in [1.807, 2.05) is 0 Å². The van der Waals surface area contributed by atoms with Crippen molar-refractivity contribution in [3.05, 3.63) is 0 Å². The number of rotatable bonds is 7. The molecule has 2 aliphatic carbocycles. The Morgan fingerprint density at radius 1 is 1.44 bits per heavy atom. The van der Waals surface area contributed by atoms with Crippen LogP contribution in [0.2, 0.25) is 0 Å². The summed E-state index contributed by atoms with van der Waals surface area (Å²) < 4.78 is 4.63. The van der Waals surface area contributed by atoms with E-state index in [2.05, 4.69) is 9.64 Å². The highest BCUT2D eigenvalue weighted by atomic mass is 16.5. The van der Waals surface area contributed by atoms with Crippen LogP contribution in [0.5, 0.6) is 0 Å². The van der Waals surface area contributed by atoms with E-state index in [1.54, 1.807) is 0 Å². The number of ether oxygens (including phenoxy) is 1. The molecule has 2 saturated carbocycles. The monoisotopic (exact) mass is 226 g/mol. The van der Waals surface area contributed by atoms with Gasteiger partial charge in [0.25, 0.3) is 0 Å². The number of methoxy groups -OCH3 is 1. The second-order valence-corrected chi connectivity index (χ2v) is 5.09. The third-order valence-electron chi connectivity index (χ3n) is 3.48. The van der Waals surface area contributed by atoms with Crippen LogP contribution < -0.4 is 5.73 Å². The Kier molecular flexibility index (Phi) is 3.82. The van der Waals surface area contributed by atoms with Gasteiger partial charge in [-0.15, -0.1) is 0 Å². The Labute approximate surface area is 97.1 Å². The molecule has 2 N–H and O–H groups in total. The predicted octanol–water partition coefficient (Wildman–Crippen LogP) is 0.751. The van der Waals surface area contributed by atoms with Crippen molar-refractivity contribution < 1.29 is 9.53 Å². The first-order chi connectivity index (χ1) is 7.70. The maximum Gasteiger partial charge on any atom is 0.322 e. The molecule has 92 valence electrons. The fourth-order valence-electron chi connectivity index (χ4n) is 2.07. The molecular formula is C12H22N2O2. The second kappa shape index (κ2) is 5.15. The predicted molar refractivity (Wildman–Crippen MR) is 61.9 cm³/mol. The summed E-state index contributed by atoms with van der Waals surface area (Å²) in [7, 11) is 1.39. The molecule has 0 aliphatic heterocycles. The average molecular weight is 226 g/mol. The van der Waals surface area contributed by atoms with Crippen LogP contribution in [0.15, 0.2) is 0 Å². The minimum absolute atomic E-state index is 0.290. The van der Waals surface area contributed by atoms with Gasteiger partial charge < -0.3 is 15.4 Å². The van der Waals surface area contributed by atoms with Crippen molar-refractivity contribution >= 4 is 5.97 Å². The van der Waals surface area contributed by atoms with Crippen LogP contribution in [0.1, 0.15) is 32.1 Å². The van der Waals surface area contributed by atoms with Crippen molar-refractivity contribution in [2.45, 2.75) is 44.2 Å². The van der Waals surface area contributed by atoms with Gasteiger partial charge in [-0.25, -0.2) is 0 Å². The Balaban J connectivity index is 1.70. The molecule has 2 aliphatic rings. The normalized spacial score (nSPS) is 22.2. The van der Waals surface area contributed by atoms with Gasteiger partial charge in [-0.3, -0.25) is 4.79 Å². The van der Waals surface area contributed by atoms with Gasteiger partial charge in [0, 0.05) is 19.1 Å². The van der Waals surface area contributed by atoms with E-state index >= 15 is 0 Å². The minimum Gasteiger partial charge on any atom is -0.468 e. The third kappa shape index (κ3) is 3.46. The lowest BCUT2D eigenvalue weighted by Gasteiger charge is -2.22. The lowest BCUT2D eigenvalue weighted by atomic mass is 10.2. The number of hydrogen-bond donors (Lipinski definition) is 1. The van der Waals surface area contributed by atoms with Gasteiger partial charge in [0.2, 0.25) is 0 Å². The highest BCUT2D eigenvalue weighted by Crippen LogP contribution is 2.34. The molecule has 0 spiro atoms. The van der Waals surface area contributed by atoms with E-state index in [9.17, 15) is 4.79 Å². The number of carbonyl (C=O) groups is 1. The molecule has 2 rings (SSSR count). The van der Waals surface area contributed by atoms with E-state index in [1.165, 1.54) is 39.3 Å². The van der Waals surface area contributed by atoms with Crippen LogP contribution in [0.4, 0.5) is 0 Å². The van der Waals surface area contributed by atoms with Crippen molar-refractivity contribution in [2.24, 2.45) is 11.7 Å². The quantitative estimate of drug-likeness (QED) is 0.651. The Bertz CT molecular complexity index is 249. The Morgan fingerprint density at radius 3 is 2.62 bits per heavy atom. The summed E-state index contributed by atoms with van der Waals surface area (Å²) in [6, 6.07) is 0.316. The summed E-state index contributed by atoms with van der Waals surface area (Å²) in [6.45, 7) is 2.15. The van der Waals surface area contributed by atoms with Crippen LogP contribution in [0.25, 0.3) is 0 Å². The zero-order chi connectivity index (χ0) is 11.5. The van der Waals surface area contributed by atoms with E-state index < -0.39 is 6.04 Å². The van der Waals surface area contributed by atoms with Gasteiger partial charge in [-0.2, -0.15) is 0 Å². The van der Waals surface area contributed by atoms with Gasteiger partial charge >= 0.3 is 5.97 Å². The van der Waals surface area contributed by atoms with E-state index in [-0.39, 0.29) is 5.97 Å². The molecule has 16 heavy (non-hydrogen) atoms. The lowest BCUT2D eigenvalue weighted by molar-refractivity contribution is -0.142. The number of esters is 1. The zero-order valence-electron chi connectivity index (χ0n) is 10.0.